The van der Waals surface area contributed by atoms with Gasteiger partial charge in [0.15, 0.2) is 0 Å². The average molecular weight is 372 g/mol. The number of esters is 2. The molecule has 0 saturated carbocycles. The molecule has 26 heavy (non-hydrogen) atoms. The van der Waals surface area contributed by atoms with Crippen molar-refractivity contribution < 1.29 is 23.9 Å². The Labute approximate surface area is 158 Å². The molecule has 0 heterocycles. The van der Waals surface area contributed by atoms with Gasteiger partial charge < -0.3 is 14.8 Å². The van der Waals surface area contributed by atoms with Crippen molar-refractivity contribution in [3.8, 4) is 0 Å². The fourth-order valence-corrected chi connectivity index (χ4v) is 2.60. The first kappa shape index (κ1) is 24.4. The standard InChI is InChI=1S/C20H37NO5/c1-3-5-6-7-8-9-10-11-12-13-14-15-16-26-18(22)17-21-19(23)20(24)25-4-2/h3-17H2,1-2H3,(H,21,23). The number of carbonyl (C=O) groups excluding carboxylic acids is 3. The minimum atomic E-state index is -0.985. The van der Waals surface area contributed by atoms with Crippen molar-refractivity contribution in [3.63, 3.8) is 0 Å². The molecule has 0 aliphatic heterocycles. The highest BCUT2D eigenvalue weighted by atomic mass is 16.5. The fourth-order valence-electron chi connectivity index (χ4n) is 2.60. The van der Waals surface area contributed by atoms with Crippen LogP contribution >= 0.6 is 0 Å². The highest BCUT2D eigenvalue weighted by Gasteiger charge is 2.15. The van der Waals surface area contributed by atoms with Crippen molar-refractivity contribution in [2.45, 2.75) is 90.9 Å². The second-order valence-corrected chi connectivity index (χ2v) is 6.51. The van der Waals surface area contributed by atoms with E-state index in [0.29, 0.717) is 6.61 Å². The number of ether oxygens (including phenoxy) is 2. The Kier molecular flexibility index (Phi) is 17.1. The maximum absolute atomic E-state index is 11.4. The van der Waals surface area contributed by atoms with E-state index in [4.69, 9.17) is 4.74 Å². The molecule has 0 aliphatic carbocycles. The van der Waals surface area contributed by atoms with Crippen LogP contribution in [0.4, 0.5) is 0 Å². The molecule has 0 spiro atoms. The molecule has 0 radical (unpaired) electrons. The summed E-state index contributed by atoms with van der Waals surface area (Å²) in [5, 5.41) is 2.18. The van der Waals surface area contributed by atoms with E-state index in [2.05, 4.69) is 17.0 Å². The summed E-state index contributed by atoms with van der Waals surface area (Å²) in [5.41, 5.74) is 0. The van der Waals surface area contributed by atoms with Crippen molar-refractivity contribution in [3.05, 3.63) is 0 Å². The SMILES string of the molecule is CCCCCCCCCCCCCCOC(=O)CNC(=O)C(=O)OCC. The molecule has 0 aromatic carbocycles. The van der Waals surface area contributed by atoms with Crippen LogP contribution in [0.5, 0.6) is 0 Å². The topological polar surface area (TPSA) is 81.7 Å². The Hall–Kier alpha value is -1.59. The van der Waals surface area contributed by atoms with Crippen LogP contribution in [0.2, 0.25) is 0 Å². The van der Waals surface area contributed by atoms with Crippen molar-refractivity contribution in [1.29, 1.82) is 0 Å². The van der Waals surface area contributed by atoms with E-state index >= 15 is 0 Å². The van der Waals surface area contributed by atoms with Crippen LogP contribution < -0.4 is 5.32 Å². The fraction of sp³-hybridized carbons (Fsp3) is 0.850. The highest BCUT2D eigenvalue weighted by Crippen LogP contribution is 2.11. The van der Waals surface area contributed by atoms with Crippen molar-refractivity contribution in [2.75, 3.05) is 19.8 Å². The average Bonchev–Trinajstić information content (AvgIpc) is 2.63. The van der Waals surface area contributed by atoms with Crippen LogP contribution in [0.1, 0.15) is 90.9 Å². The number of unbranched alkanes of at least 4 members (excludes halogenated alkanes) is 11. The lowest BCUT2D eigenvalue weighted by atomic mass is 10.1. The largest absolute Gasteiger partial charge is 0.464 e. The predicted molar refractivity (Wildman–Crippen MR) is 102 cm³/mol. The molecule has 152 valence electrons. The first-order chi connectivity index (χ1) is 12.6. The van der Waals surface area contributed by atoms with Gasteiger partial charge in [0, 0.05) is 0 Å². The Balaban J connectivity index is 3.33. The highest BCUT2D eigenvalue weighted by molar-refractivity contribution is 6.32. The molecule has 1 amide bonds. The summed E-state index contributed by atoms with van der Waals surface area (Å²) in [6.07, 6.45) is 15.0. The molecule has 6 heteroatoms. The first-order valence-corrected chi connectivity index (χ1v) is 10.2. The lowest BCUT2D eigenvalue weighted by Crippen LogP contribution is -2.36. The Morgan fingerprint density at radius 3 is 1.69 bits per heavy atom. The number of hydrogen-bond acceptors (Lipinski definition) is 5. The molecule has 0 bridgehead atoms. The van der Waals surface area contributed by atoms with Gasteiger partial charge in [0.2, 0.25) is 0 Å². The minimum absolute atomic E-state index is 0.121. The molecule has 1 N–H and O–H groups in total. The summed E-state index contributed by atoms with van der Waals surface area (Å²) in [7, 11) is 0. The van der Waals surface area contributed by atoms with Gasteiger partial charge in [-0.2, -0.15) is 0 Å². The van der Waals surface area contributed by atoms with Gasteiger partial charge in [0.05, 0.1) is 13.2 Å². The van der Waals surface area contributed by atoms with Gasteiger partial charge in [-0.05, 0) is 13.3 Å². The maximum atomic E-state index is 11.4. The second kappa shape index (κ2) is 18.2. The third-order valence-corrected chi connectivity index (χ3v) is 4.12. The lowest BCUT2D eigenvalue weighted by molar-refractivity contribution is -0.155. The van der Waals surface area contributed by atoms with Gasteiger partial charge in [0.1, 0.15) is 6.54 Å². The summed E-state index contributed by atoms with van der Waals surface area (Å²) in [4.78, 5) is 33.7. The summed E-state index contributed by atoms with van der Waals surface area (Å²) < 4.78 is 9.53. The van der Waals surface area contributed by atoms with Crippen LogP contribution in [0, 0.1) is 0 Å². The van der Waals surface area contributed by atoms with E-state index in [-0.39, 0.29) is 13.2 Å². The van der Waals surface area contributed by atoms with E-state index in [0.717, 1.165) is 19.3 Å². The molecule has 6 nitrogen and oxygen atoms in total. The van der Waals surface area contributed by atoms with Gasteiger partial charge in [-0.25, -0.2) is 4.79 Å². The summed E-state index contributed by atoms with van der Waals surface area (Å²) in [6, 6.07) is 0. The summed E-state index contributed by atoms with van der Waals surface area (Å²) >= 11 is 0. The number of amides is 1. The number of rotatable bonds is 16. The van der Waals surface area contributed by atoms with Crippen LogP contribution in [-0.2, 0) is 23.9 Å². The number of hydrogen-bond donors (Lipinski definition) is 1. The molecule has 0 atom stereocenters. The van der Waals surface area contributed by atoms with Crippen LogP contribution in [-0.4, -0.2) is 37.6 Å². The Bertz CT molecular complexity index is 384. The number of nitrogens with one attached hydrogen (secondary N) is 1. The van der Waals surface area contributed by atoms with Gasteiger partial charge in [-0.15, -0.1) is 0 Å². The van der Waals surface area contributed by atoms with E-state index in [1.54, 1.807) is 6.92 Å². The number of carbonyl (C=O) groups is 3. The predicted octanol–water partition coefficient (Wildman–Crippen LogP) is 3.91. The zero-order chi connectivity index (χ0) is 19.5. The van der Waals surface area contributed by atoms with Gasteiger partial charge in [0.25, 0.3) is 0 Å². The maximum Gasteiger partial charge on any atom is 0.396 e. The van der Waals surface area contributed by atoms with E-state index in [9.17, 15) is 14.4 Å². The molecule has 0 aliphatic rings. The first-order valence-electron chi connectivity index (χ1n) is 10.2. The van der Waals surface area contributed by atoms with E-state index < -0.39 is 17.8 Å². The zero-order valence-electron chi connectivity index (χ0n) is 16.6. The van der Waals surface area contributed by atoms with Gasteiger partial charge >= 0.3 is 17.8 Å². The Morgan fingerprint density at radius 1 is 0.692 bits per heavy atom. The summed E-state index contributed by atoms with van der Waals surface area (Å²) in [5.74, 6) is -2.44. The van der Waals surface area contributed by atoms with E-state index in [1.165, 1.54) is 57.8 Å². The quantitative estimate of drug-likeness (QED) is 0.253. The molecule has 0 saturated heterocycles. The summed E-state index contributed by atoms with van der Waals surface area (Å²) in [6.45, 7) is 4.01. The second-order valence-electron chi connectivity index (χ2n) is 6.51. The van der Waals surface area contributed by atoms with Crippen molar-refractivity contribution in [1.82, 2.24) is 5.32 Å². The van der Waals surface area contributed by atoms with Crippen LogP contribution in [0.15, 0.2) is 0 Å². The Morgan fingerprint density at radius 2 is 1.19 bits per heavy atom. The molecule has 0 rings (SSSR count). The normalized spacial score (nSPS) is 10.4. The van der Waals surface area contributed by atoms with Crippen LogP contribution in [0.25, 0.3) is 0 Å². The molecular weight excluding hydrogens is 334 g/mol. The van der Waals surface area contributed by atoms with Crippen LogP contribution in [0.3, 0.4) is 0 Å². The third-order valence-electron chi connectivity index (χ3n) is 4.12. The lowest BCUT2D eigenvalue weighted by Gasteiger charge is -2.06. The molecule has 0 unspecified atom stereocenters. The zero-order valence-corrected chi connectivity index (χ0v) is 16.6. The molecule has 0 aromatic heterocycles. The van der Waals surface area contributed by atoms with E-state index in [1.807, 2.05) is 0 Å². The molecule has 0 aromatic rings. The monoisotopic (exact) mass is 371 g/mol. The smallest absolute Gasteiger partial charge is 0.396 e. The van der Waals surface area contributed by atoms with Gasteiger partial charge in [-0.3, -0.25) is 9.59 Å². The minimum Gasteiger partial charge on any atom is -0.464 e. The molecular formula is C20H37NO5. The van der Waals surface area contributed by atoms with Crippen molar-refractivity contribution >= 4 is 17.8 Å². The molecule has 0 fully saturated rings. The third kappa shape index (κ3) is 15.9. The van der Waals surface area contributed by atoms with Gasteiger partial charge in [-0.1, -0.05) is 77.6 Å². The van der Waals surface area contributed by atoms with Crippen molar-refractivity contribution in [2.24, 2.45) is 0 Å².